The minimum atomic E-state index is -0.0912. The molecule has 3 heterocycles. The summed E-state index contributed by atoms with van der Waals surface area (Å²) in [6.45, 7) is 8.68. The number of rotatable bonds is 5. The fourth-order valence-corrected chi connectivity index (χ4v) is 3.77. The fourth-order valence-electron chi connectivity index (χ4n) is 3.77. The van der Waals surface area contributed by atoms with E-state index in [2.05, 4.69) is 33.0 Å². The molecule has 1 aromatic carbocycles. The van der Waals surface area contributed by atoms with Gasteiger partial charge in [-0.15, -0.1) is 0 Å². The maximum absolute atomic E-state index is 12.5. The molecule has 0 bridgehead atoms. The summed E-state index contributed by atoms with van der Waals surface area (Å²) in [6.07, 6.45) is 2.28. The number of nitrogens with one attached hydrogen (secondary N) is 1. The number of nitrogens with zero attached hydrogens (tertiary/aromatic N) is 3. The van der Waals surface area contributed by atoms with Crippen LogP contribution in [0, 0.1) is 6.92 Å². The van der Waals surface area contributed by atoms with Gasteiger partial charge in [0.25, 0.3) is 5.91 Å². The Kier molecular flexibility index (Phi) is 4.99. The Morgan fingerprint density at radius 2 is 2.15 bits per heavy atom. The molecule has 3 aromatic rings. The summed E-state index contributed by atoms with van der Waals surface area (Å²) in [5, 5.41) is 8.62. The molecule has 0 spiro atoms. The number of amides is 1. The van der Waals surface area contributed by atoms with E-state index in [4.69, 9.17) is 4.42 Å². The first-order chi connectivity index (χ1) is 13.1. The van der Waals surface area contributed by atoms with Crippen LogP contribution in [0.1, 0.15) is 47.3 Å². The van der Waals surface area contributed by atoms with Crippen LogP contribution < -0.4 is 5.32 Å². The summed E-state index contributed by atoms with van der Waals surface area (Å²) in [5.74, 6) is 0.755. The van der Waals surface area contributed by atoms with Crippen LogP contribution in [0.15, 0.2) is 34.7 Å². The third kappa shape index (κ3) is 3.90. The molecule has 1 amide bonds. The van der Waals surface area contributed by atoms with Gasteiger partial charge in [-0.25, -0.2) is 0 Å². The van der Waals surface area contributed by atoms with Gasteiger partial charge in [0.15, 0.2) is 0 Å². The van der Waals surface area contributed by atoms with Gasteiger partial charge in [-0.1, -0.05) is 6.92 Å². The summed E-state index contributed by atoms with van der Waals surface area (Å²) in [5.41, 5.74) is 3.59. The Bertz CT molecular complexity index is 956. The predicted molar refractivity (Wildman–Crippen MR) is 105 cm³/mol. The molecule has 6 nitrogen and oxygen atoms in total. The van der Waals surface area contributed by atoms with Crippen LogP contribution in [0.25, 0.3) is 11.0 Å². The van der Waals surface area contributed by atoms with E-state index in [-0.39, 0.29) is 5.91 Å². The van der Waals surface area contributed by atoms with E-state index in [1.54, 1.807) is 6.07 Å². The summed E-state index contributed by atoms with van der Waals surface area (Å²) in [4.78, 5) is 15.0. The molecular weight excluding hydrogens is 340 g/mol. The van der Waals surface area contributed by atoms with Crippen LogP contribution in [-0.2, 0) is 19.6 Å². The van der Waals surface area contributed by atoms with Crippen LogP contribution in [0.4, 0.5) is 0 Å². The van der Waals surface area contributed by atoms with Gasteiger partial charge in [0.2, 0.25) is 0 Å². The number of aromatic nitrogens is 2. The molecule has 0 fully saturated rings. The van der Waals surface area contributed by atoms with Crippen molar-refractivity contribution in [1.82, 2.24) is 20.0 Å². The number of hydrogen-bond acceptors (Lipinski definition) is 4. The predicted octanol–water partition coefficient (Wildman–Crippen LogP) is 3.48. The molecule has 0 aliphatic carbocycles. The molecule has 142 valence electrons. The van der Waals surface area contributed by atoms with E-state index in [1.165, 1.54) is 5.69 Å². The lowest BCUT2D eigenvalue weighted by Crippen LogP contribution is -2.24. The van der Waals surface area contributed by atoms with Crippen LogP contribution in [-0.4, -0.2) is 33.7 Å². The van der Waals surface area contributed by atoms with E-state index >= 15 is 0 Å². The number of benzene rings is 1. The lowest BCUT2D eigenvalue weighted by atomic mass is 10.1. The number of hydrogen-bond donors (Lipinski definition) is 1. The highest BCUT2D eigenvalue weighted by atomic mass is 16.3. The zero-order valence-electron chi connectivity index (χ0n) is 16.0. The molecule has 0 saturated heterocycles. The zero-order valence-corrected chi connectivity index (χ0v) is 16.0. The van der Waals surface area contributed by atoms with E-state index in [1.807, 2.05) is 25.1 Å². The van der Waals surface area contributed by atoms with Crippen molar-refractivity contribution in [3.05, 3.63) is 53.0 Å². The standard InChI is InChI=1S/C21H26N4O2/c1-3-7-24-8-4-9-25-19(14-24)12-18(23-25)13-22-21(26)16-5-6-20-17(11-16)10-15(2)27-20/h5-6,10-12H,3-4,7-9,13-14H2,1-2H3,(H,22,26). The van der Waals surface area contributed by atoms with E-state index in [9.17, 15) is 4.79 Å². The Morgan fingerprint density at radius 1 is 1.26 bits per heavy atom. The van der Waals surface area contributed by atoms with Crippen molar-refractivity contribution in [1.29, 1.82) is 0 Å². The Labute approximate surface area is 159 Å². The molecule has 1 aliphatic rings. The van der Waals surface area contributed by atoms with E-state index in [0.717, 1.165) is 61.4 Å². The number of carbonyl (C=O) groups excluding carboxylic acids is 1. The molecular formula is C21H26N4O2. The fraction of sp³-hybridized carbons (Fsp3) is 0.429. The second-order valence-corrected chi connectivity index (χ2v) is 7.27. The quantitative estimate of drug-likeness (QED) is 0.751. The number of furan rings is 1. The Morgan fingerprint density at radius 3 is 3.00 bits per heavy atom. The zero-order chi connectivity index (χ0) is 18.8. The van der Waals surface area contributed by atoms with Crippen molar-refractivity contribution in [2.75, 3.05) is 13.1 Å². The van der Waals surface area contributed by atoms with Crippen LogP contribution in [0.5, 0.6) is 0 Å². The number of aryl methyl sites for hydroxylation is 2. The van der Waals surface area contributed by atoms with Crippen molar-refractivity contribution < 1.29 is 9.21 Å². The largest absolute Gasteiger partial charge is 0.461 e. The molecule has 0 radical (unpaired) electrons. The highest BCUT2D eigenvalue weighted by Crippen LogP contribution is 2.20. The van der Waals surface area contributed by atoms with Crippen molar-refractivity contribution >= 4 is 16.9 Å². The van der Waals surface area contributed by atoms with Gasteiger partial charge in [-0.3, -0.25) is 14.4 Å². The van der Waals surface area contributed by atoms with Gasteiger partial charge in [-0.2, -0.15) is 5.10 Å². The van der Waals surface area contributed by atoms with Crippen LogP contribution >= 0.6 is 0 Å². The normalized spacial score (nSPS) is 14.9. The average Bonchev–Trinajstić information content (AvgIpc) is 3.16. The third-order valence-corrected chi connectivity index (χ3v) is 5.02. The Hall–Kier alpha value is -2.60. The SMILES string of the molecule is CCCN1CCCn2nc(CNC(=O)c3ccc4oc(C)cc4c3)cc2C1. The minimum Gasteiger partial charge on any atom is -0.461 e. The van der Waals surface area contributed by atoms with Gasteiger partial charge < -0.3 is 9.73 Å². The molecule has 0 unspecified atom stereocenters. The first-order valence-corrected chi connectivity index (χ1v) is 9.68. The summed E-state index contributed by atoms with van der Waals surface area (Å²) in [7, 11) is 0. The van der Waals surface area contributed by atoms with Crippen LogP contribution in [0.3, 0.4) is 0 Å². The maximum Gasteiger partial charge on any atom is 0.251 e. The molecule has 6 heteroatoms. The second-order valence-electron chi connectivity index (χ2n) is 7.27. The first kappa shape index (κ1) is 17.8. The van der Waals surface area contributed by atoms with Crippen molar-refractivity contribution in [3.8, 4) is 0 Å². The lowest BCUT2D eigenvalue weighted by molar-refractivity contribution is 0.0950. The van der Waals surface area contributed by atoms with E-state index in [0.29, 0.717) is 12.1 Å². The monoisotopic (exact) mass is 366 g/mol. The topological polar surface area (TPSA) is 63.3 Å². The molecule has 27 heavy (non-hydrogen) atoms. The Balaban J connectivity index is 1.42. The maximum atomic E-state index is 12.5. The molecule has 1 N–H and O–H groups in total. The highest BCUT2D eigenvalue weighted by Gasteiger charge is 2.16. The van der Waals surface area contributed by atoms with Gasteiger partial charge in [0, 0.05) is 30.6 Å². The minimum absolute atomic E-state index is 0.0912. The second kappa shape index (κ2) is 7.56. The molecule has 0 atom stereocenters. The highest BCUT2D eigenvalue weighted by molar-refractivity contribution is 5.97. The first-order valence-electron chi connectivity index (χ1n) is 9.68. The van der Waals surface area contributed by atoms with Crippen molar-refractivity contribution in [2.24, 2.45) is 0 Å². The third-order valence-electron chi connectivity index (χ3n) is 5.02. The van der Waals surface area contributed by atoms with E-state index < -0.39 is 0 Å². The molecule has 1 aliphatic heterocycles. The smallest absolute Gasteiger partial charge is 0.251 e. The number of carbonyl (C=O) groups is 1. The van der Waals surface area contributed by atoms with Gasteiger partial charge in [0.1, 0.15) is 11.3 Å². The van der Waals surface area contributed by atoms with Crippen LogP contribution in [0.2, 0.25) is 0 Å². The summed E-state index contributed by atoms with van der Waals surface area (Å²) < 4.78 is 7.66. The summed E-state index contributed by atoms with van der Waals surface area (Å²) in [6, 6.07) is 9.58. The van der Waals surface area contributed by atoms with Gasteiger partial charge >= 0.3 is 0 Å². The molecule has 0 saturated carbocycles. The average molecular weight is 366 g/mol. The lowest BCUT2D eigenvalue weighted by Gasteiger charge is -2.17. The summed E-state index contributed by atoms with van der Waals surface area (Å²) >= 11 is 0. The molecule has 4 rings (SSSR count). The van der Waals surface area contributed by atoms with Crippen molar-refractivity contribution in [3.63, 3.8) is 0 Å². The molecule has 2 aromatic heterocycles. The van der Waals surface area contributed by atoms with Gasteiger partial charge in [0.05, 0.1) is 17.9 Å². The number of fused-ring (bicyclic) bond motifs is 2. The van der Waals surface area contributed by atoms with Gasteiger partial charge in [-0.05, 0) is 56.6 Å². The van der Waals surface area contributed by atoms with Crippen molar-refractivity contribution in [2.45, 2.75) is 46.3 Å².